The average Bonchev–Trinajstić information content (AvgIpc) is 3.66. The number of carbonyl (C=O) groups is 1. The average molecular weight is 565 g/mol. The molecule has 0 spiro atoms. The van der Waals surface area contributed by atoms with E-state index in [1.165, 1.54) is 7.11 Å². The summed E-state index contributed by atoms with van der Waals surface area (Å²) in [5.74, 6) is -0.518. The summed E-state index contributed by atoms with van der Waals surface area (Å²) in [7, 11) is -1.81. The second-order valence-electron chi connectivity index (χ2n) is 8.83. The van der Waals surface area contributed by atoms with Crippen LogP contribution in [0.2, 0.25) is 10.0 Å². The van der Waals surface area contributed by atoms with Gasteiger partial charge in [-0.05, 0) is 72.5 Å². The van der Waals surface area contributed by atoms with Crippen molar-refractivity contribution < 1.29 is 17.9 Å². The quantitative estimate of drug-likeness (QED) is 0.270. The van der Waals surface area contributed by atoms with Crippen LogP contribution in [0.5, 0.6) is 0 Å². The number of ether oxygens (including phenoxy) is 1. The first-order valence-corrected chi connectivity index (χ1v) is 15.1. The maximum atomic E-state index is 13.2. The first-order chi connectivity index (χ1) is 17.2. The number of halogens is 2. The molecule has 0 heterocycles. The van der Waals surface area contributed by atoms with Crippen LogP contribution in [0.1, 0.15) is 24.3 Å². The van der Waals surface area contributed by atoms with E-state index in [0.29, 0.717) is 26.9 Å². The molecule has 0 aliphatic heterocycles. The van der Waals surface area contributed by atoms with Crippen molar-refractivity contribution in [3.63, 3.8) is 0 Å². The molecule has 1 aliphatic rings. The van der Waals surface area contributed by atoms with E-state index in [2.05, 4.69) is 5.32 Å². The molecule has 1 atom stereocenters. The van der Waals surface area contributed by atoms with Crippen LogP contribution in [0.25, 0.3) is 11.1 Å². The fourth-order valence-electron chi connectivity index (χ4n) is 4.00. The van der Waals surface area contributed by atoms with E-state index >= 15 is 0 Å². The predicted octanol–water partition coefficient (Wildman–Crippen LogP) is 6.93. The number of nitrogens with one attached hydrogen (secondary N) is 1. The maximum Gasteiger partial charge on any atom is 0.234 e. The minimum atomic E-state index is -3.32. The molecule has 3 aromatic carbocycles. The lowest BCUT2D eigenvalue weighted by molar-refractivity contribution is -0.118. The van der Waals surface area contributed by atoms with Gasteiger partial charge in [0.1, 0.15) is 0 Å². The van der Waals surface area contributed by atoms with Crippen molar-refractivity contribution in [2.24, 2.45) is 5.92 Å². The molecule has 9 heteroatoms. The van der Waals surface area contributed by atoms with Gasteiger partial charge < -0.3 is 10.1 Å². The molecular formula is C27H27Cl2NO4S2. The Morgan fingerprint density at radius 2 is 1.67 bits per heavy atom. The largest absolute Gasteiger partial charge is 0.384 e. The minimum Gasteiger partial charge on any atom is -0.384 e. The van der Waals surface area contributed by atoms with Gasteiger partial charge in [-0.25, -0.2) is 8.42 Å². The third-order valence-corrected chi connectivity index (χ3v) is 9.37. The number of sulfone groups is 1. The third kappa shape index (κ3) is 6.45. The monoisotopic (exact) mass is 563 g/mol. The van der Waals surface area contributed by atoms with Crippen molar-refractivity contribution in [1.82, 2.24) is 0 Å². The number of hydrogen-bond donors (Lipinski definition) is 1. The Morgan fingerprint density at radius 1 is 1.06 bits per heavy atom. The third-order valence-electron chi connectivity index (χ3n) is 6.13. The van der Waals surface area contributed by atoms with Crippen LogP contribution in [0, 0.1) is 5.92 Å². The number of amides is 1. The number of methoxy groups -OCH3 is 1. The standard InChI is InChI=1S/C27H27Cl2NO4S2/c1-34-15-23(18-7-11-22(12-8-18)36(32,33)16-17-3-4-17)27(31)30-20-13-24(28)26(25(29)14-20)19-5-9-21(35-2)10-6-19/h5-14,17,23H,3-4,15-16H2,1-2H3,(H,30,31). The van der Waals surface area contributed by atoms with E-state index in [1.807, 2.05) is 30.5 Å². The molecule has 0 bridgehead atoms. The Hall–Kier alpha value is -2.03. The highest BCUT2D eigenvalue weighted by Crippen LogP contribution is 2.38. The van der Waals surface area contributed by atoms with Gasteiger partial charge in [-0.15, -0.1) is 11.8 Å². The van der Waals surface area contributed by atoms with Crippen LogP contribution >= 0.6 is 35.0 Å². The van der Waals surface area contributed by atoms with Crippen LogP contribution in [-0.2, 0) is 19.4 Å². The molecule has 36 heavy (non-hydrogen) atoms. The zero-order valence-electron chi connectivity index (χ0n) is 20.0. The van der Waals surface area contributed by atoms with Crippen molar-refractivity contribution in [3.8, 4) is 11.1 Å². The minimum absolute atomic E-state index is 0.126. The van der Waals surface area contributed by atoms with Crippen LogP contribution in [-0.4, -0.2) is 40.1 Å². The second-order valence-corrected chi connectivity index (χ2v) is 12.6. The SMILES string of the molecule is COCC(C(=O)Nc1cc(Cl)c(-c2ccc(SC)cc2)c(Cl)c1)c1ccc(S(=O)(=O)CC2CC2)cc1. The second kappa shape index (κ2) is 11.6. The highest BCUT2D eigenvalue weighted by atomic mass is 35.5. The van der Waals surface area contributed by atoms with E-state index in [1.54, 1.807) is 48.2 Å². The number of anilines is 1. The van der Waals surface area contributed by atoms with Crippen LogP contribution in [0.15, 0.2) is 70.5 Å². The lowest BCUT2D eigenvalue weighted by Crippen LogP contribution is -2.25. The number of carbonyl (C=O) groups excluding carboxylic acids is 1. The summed E-state index contributed by atoms with van der Waals surface area (Å²) < 4.78 is 30.4. The molecule has 3 aromatic rings. The Kier molecular flexibility index (Phi) is 8.68. The molecule has 1 fully saturated rings. The van der Waals surface area contributed by atoms with Crippen LogP contribution in [0.4, 0.5) is 5.69 Å². The Morgan fingerprint density at radius 3 is 2.19 bits per heavy atom. The summed E-state index contributed by atoms with van der Waals surface area (Å²) in [6, 6.07) is 17.7. The smallest absolute Gasteiger partial charge is 0.234 e. The molecule has 1 N–H and O–H groups in total. The first kappa shape index (κ1) is 27.0. The van der Waals surface area contributed by atoms with Crippen molar-refractivity contribution in [2.45, 2.75) is 28.6 Å². The van der Waals surface area contributed by atoms with Gasteiger partial charge in [-0.1, -0.05) is 47.5 Å². The molecule has 1 amide bonds. The topological polar surface area (TPSA) is 72.5 Å². The predicted molar refractivity (Wildman–Crippen MR) is 148 cm³/mol. The summed E-state index contributed by atoms with van der Waals surface area (Å²) in [5.41, 5.74) is 2.70. The summed E-state index contributed by atoms with van der Waals surface area (Å²) in [6.07, 6.45) is 3.94. The zero-order chi connectivity index (χ0) is 25.9. The Balaban J connectivity index is 1.52. The first-order valence-electron chi connectivity index (χ1n) is 11.5. The van der Waals surface area contributed by atoms with Gasteiger partial charge >= 0.3 is 0 Å². The van der Waals surface area contributed by atoms with Gasteiger partial charge in [0, 0.05) is 23.3 Å². The van der Waals surface area contributed by atoms with Gasteiger partial charge in [0.15, 0.2) is 9.84 Å². The molecule has 4 rings (SSSR count). The summed E-state index contributed by atoms with van der Waals surface area (Å²) >= 11 is 14.8. The maximum absolute atomic E-state index is 13.2. The van der Waals surface area contributed by atoms with Gasteiger partial charge in [0.25, 0.3) is 0 Å². The number of hydrogen-bond acceptors (Lipinski definition) is 5. The van der Waals surface area contributed by atoms with Gasteiger partial charge in [-0.3, -0.25) is 4.79 Å². The van der Waals surface area contributed by atoms with Crippen LogP contribution in [0.3, 0.4) is 0 Å². The molecule has 5 nitrogen and oxygen atoms in total. The van der Waals surface area contributed by atoms with Crippen molar-refractivity contribution >= 4 is 56.4 Å². The highest BCUT2D eigenvalue weighted by molar-refractivity contribution is 7.98. The van der Waals surface area contributed by atoms with E-state index in [-0.39, 0.29) is 29.1 Å². The van der Waals surface area contributed by atoms with E-state index in [0.717, 1.165) is 23.3 Å². The molecule has 1 saturated carbocycles. The molecule has 0 radical (unpaired) electrons. The summed E-state index contributed by atoms with van der Waals surface area (Å²) in [6.45, 7) is 0.126. The fraction of sp³-hybridized carbons (Fsp3) is 0.296. The summed E-state index contributed by atoms with van der Waals surface area (Å²) in [5, 5.41) is 3.71. The van der Waals surface area contributed by atoms with E-state index < -0.39 is 15.8 Å². The molecule has 0 aromatic heterocycles. The van der Waals surface area contributed by atoms with Gasteiger partial charge in [-0.2, -0.15) is 0 Å². The highest BCUT2D eigenvalue weighted by Gasteiger charge is 2.29. The van der Waals surface area contributed by atoms with Crippen molar-refractivity contribution in [3.05, 3.63) is 76.3 Å². The fourth-order valence-corrected chi connectivity index (χ4v) is 6.81. The lowest BCUT2D eigenvalue weighted by atomic mass is 9.99. The van der Waals surface area contributed by atoms with E-state index in [9.17, 15) is 13.2 Å². The summed E-state index contributed by atoms with van der Waals surface area (Å²) in [4.78, 5) is 14.6. The molecule has 0 saturated heterocycles. The van der Waals surface area contributed by atoms with Gasteiger partial charge in [0.2, 0.25) is 5.91 Å². The van der Waals surface area contributed by atoms with E-state index in [4.69, 9.17) is 27.9 Å². The van der Waals surface area contributed by atoms with Crippen molar-refractivity contribution in [2.75, 3.05) is 31.0 Å². The zero-order valence-corrected chi connectivity index (χ0v) is 23.1. The van der Waals surface area contributed by atoms with Gasteiger partial charge in [0.05, 0.1) is 33.2 Å². The number of thioether (sulfide) groups is 1. The van der Waals surface area contributed by atoms with Crippen molar-refractivity contribution in [1.29, 1.82) is 0 Å². The van der Waals surface area contributed by atoms with Crippen LogP contribution < -0.4 is 5.32 Å². The molecule has 1 unspecified atom stereocenters. The molecule has 1 aliphatic carbocycles. The number of rotatable bonds is 10. The Labute approximate surface area is 226 Å². The Bertz CT molecular complexity index is 1320. The number of benzene rings is 3. The molecular weight excluding hydrogens is 537 g/mol. The normalized spacial score (nSPS) is 14.4. The molecule has 190 valence electrons. The lowest BCUT2D eigenvalue weighted by Gasteiger charge is -2.18.